The molecule has 1 aliphatic carbocycles. The van der Waals surface area contributed by atoms with Gasteiger partial charge in [0, 0.05) is 42.9 Å². The van der Waals surface area contributed by atoms with Gasteiger partial charge in [-0.15, -0.1) is 0 Å². The van der Waals surface area contributed by atoms with E-state index in [4.69, 9.17) is 0 Å². The van der Waals surface area contributed by atoms with Gasteiger partial charge in [-0.05, 0) is 49.9 Å². The van der Waals surface area contributed by atoms with Gasteiger partial charge in [0.25, 0.3) is 5.91 Å². The van der Waals surface area contributed by atoms with Gasteiger partial charge < -0.3 is 10.2 Å². The molecule has 1 saturated carbocycles. The Bertz CT molecular complexity index is 1030. The third-order valence-electron chi connectivity index (χ3n) is 5.72. The molecule has 0 aromatic heterocycles. The summed E-state index contributed by atoms with van der Waals surface area (Å²) in [7, 11) is -1.58. The van der Waals surface area contributed by atoms with Crippen molar-refractivity contribution >= 4 is 21.7 Å². The van der Waals surface area contributed by atoms with E-state index in [-0.39, 0.29) is 28.7 Å². The van der Waals surface area contributed by atoms with Gasteiger partial charge in [0.05, 0.1) is 4.90 Å². The molecule has 0 unspecified atom stereocenters. The fourth-order valence-electron chi connectivity index (χ4n) is 4.06. The zero-order valence-electron chi connectivity index (χ0n) is 17.6. The molecule has 2 atom stereocenters. The maximum atomic E-state index is 12.9. The molecule has 6 nitrogen and oxygen atoms in total. The Hall–Kier alpha value is -2.67. The topological polar surface area (TPSA) is 83.6 Å². The highest BCUT2D eigenvalue weighted by atomic mass is 32.2. The summed E-state index contributed by atoms with van der Waals surface area (Å²) in [6.45, 7) is 2.52. The lowest BCUT2D eigenvalue weighted by Gasteiger charge is -2.25. The van der Waals surface area contributed by atoms with E-state index in [0.29, 0.717) is 24.1 Å². The number of carbonyl (C=O) groups is 2. The Labute approximate surface area is 178 Å². The second-order valence-electron chi connectivity index (χ2n) is 7.82. The second-order valence-corrected chi connectivity index (χ2v) is 9.80. The van der Waals surface area contributed by atoms with Crippen molar-refractivity contribution in [1.82, 2.24) is 10.2 Å². The summed E-state index contributed by atoms with van der Waals surface area (Å²) in [5, 5.41) is 2.86. The Balaban J connectivity index is 1.74. The van der Waals surface area contributed by atoms with Crippen LogP contribution in [-0.4, -0.2) is 51.0 Å². The van der Waals surface area contributed by atoms with Crippen molar-refractivity contribution in [2.24, 2.45) is 5.92 Å². The number of hydrogen-bond donors (Lipinski definition) is 1. The first-order chi connectivity index (χ1) is 14.2. The van der Waals surface area contributed by atoms with Gasteiger partial charge in [0.2, 0.25) is 5.91 Å². The molecule has 0 aliphatic heterocycles. The van der Waals surface area contributed by atoms with Crippen molar-refractivity contribution in [1.29, 1.82) is 0 Å². The lowest BCUT2D eigenvalue weighted by Crippen LogP contribution is -2.36. The minimum absolute atomic E-state index is 0.0377. The summed E-state index contributed by atoms with van der Waals surface area (Å²) >= 11 is 0. The fraction of sp³-hybridized carbons (Fsp3) is 0.391. The number of nitrogens with one attached hydrogen (secondary N) is 1. The minimum atomic E-state index is -3.36. The minimum Gasteiger partial charge on any atom is -0.356 e. The van der Waals surface area contributed by atoms with Gasteiger partial charge in [-0.2, -0.15) is 0 Å². The number of amides is 2. The molecule has 0 saturated heterocycles. The molecule has 7 heteroatoms. The lowest BCUT2D eigenvalue weighted by molar-refractivity contribution is -0.124. The molecular formula is C23H28N2O4S. The largest absolute Gasteiger partial charge is 0.356 e. The molecule has 3 rings (SSSR count). The maximum Gasteiger partial charge on any atom is 0.253 e. The van der Waals surface area contributed by atoms with Gasteiger partial charge in [-0.3, -0.25) is 9.59 Å². The summed E-state index contributed by atoms with van der Waals surface area (Å²) in [4.78, 5) is 27.0. The third kappa shape index (κ3) is 4.73. The van der Waals surface area contributed by atoms with E-state index in [1.165, 1.54) is 6.26 Å². The quantitative estimate of drug-likeness (QED) is 0.766. The fourth-order valence-corrected chi connectivity index (χ4v) is 4.97. The molecule has 30 heavy (non-hydrogen) atoms. The van der Waals surface area contributed by atoms with Crippen LogP contribution in [0.1, 0.15) is 36.5 Å². The van der Waals surface area contributed by atoms with Crippen LogP contribution >= 0.6 is 0 Å². The molecule has 2 aromatic rings. The van der Waals surface area contributed by atoms with Crippen molar-refractivity contribution in [3.63, 3.8) is 0 Å². The van der Waals surface area contributed by atoms with Gasteiger partial charge >= 0.3 is 0 Å². The number of carbonyl (C=O) groups excluding carboxylic acids is 2. The molecule has 160 valence electrons. The first kappa shape index (κ1) is 22.0. The van der Waals surface area contributed by atoms with E-state index in [9.17, 15) is 18.0 Å². The molecular weight excluding hydrogens is 400 g/mol. The average molecular weight is 429 g/mol. The summed E-state index contributed by atoms with van der Waals surface area (Å²) in [6.07, 6.45) is 3.46. The summed E-state index contributed by atoms with van der Waals surface area (Å²) in [5.41, 5.74) is 1.90. The molecule has 0 spiro atoms. The Morgan fingerprint density at radius 3 is 2.37 bits per heavy atom. The summed E-state index contributed by atoms with van der Waals surface area (Å²) < 4.78 is 24.1. The van der Waals surface area contributed by atoms with E-state index in [1.807, 2.05) is 6.92 Å². The molecule has 2 aromatic carbocycles. The Morgan fingerprint density at radius 2 is 1.73 bits per heavy atom. The molecule has 1 fully saturated rings. The number of benzene rings is 2. The predicted molar refractivity (Wildman–Crippen MR) is 117 cm³/mol. The van der Waals surface area contributed by atoms with E-state index >= 15 is 0 Å². The number of hydrogen-bond acceptors (Lipinski definition) is 4. The molecule has 0 radical (unpaired) electrons. The van der Waals surface area contributed by atoms with Crippen molar-refractivity contribution in [3.8, 4) is 11.1 Å². The number of nitrogens with zero attached hydrogens (tertiary/aromatic N) is 1. The van der Waals surface area contributed by atoms with Crippen molar-refractivity contribution in [2.75, 3.05) is 19.8 Å². The highest BCUT2D eigenvalue weighted by Crippen LogP contribution is 2.31. The van der Waals surface area contributed by atoms with E-state index < -0.39 is 9.84 Å². The van der Waals surface area contributed by atoms with Crippen LogP contribution in [0, 0.1) is 5.92 Å². The van der Waals surface area contributed by atoms with E-state index in [0.717, 1.165) is 18.4 Å². The van der Waals surface area contributed by atoms with Crippen molar-refractivity contribution in [2.45, 2.75) is 37.1 Å². The first-order valence-electron chi connectivity index (χ1n) is 10.2. The maximum absolute atomic E-state index is 12.9. The molecule has 0 heterocycles. The van der Waals surface area contributed by atoms with Gasteiger partial charge in [-0.25, -0.2) is 8.42 Å². The predicted octanol–water partition coefficient (Wildman–Crippen LogP) is 3.13. The normalized spacial score (nSPS) is 18.8. The van der Waals surface area contributed by atoms with Crippen molar-refractivity contribution in [3.05, 3.63) is 54.1 Å². The van der Waals surface area contributed by atoms with Gasteiger partial charge in [0.15, 0.2) is 9.84 Å². The summed E-state index contributed by atoms with van der Waals surface area (Å²) in [5.74, 6) is -0.0747. The highest BCUT2D eigenvalue weighted by molar-refractivity contribution is 7.90. The van der Waals surface area contributed by atoms with Crippen LogP contribution in [-0.2, 0) is 14.6 Å². The van der Waals surface area contributed by atoms with Crippen LogP contribution in [0.4, 0.5) is 0 Å². The SMILES string of the molecule is CCNC(=O)[C@H]1CC[C@@H](N(C)C(=O)c2ccc(-c3ccccc3S(C)(=O)=O)cc2)C1. The van der Waals surface area contributed by atoms with Crippen molar-refractivity contribution < 1.29 is 18.0 Å². The van der Waals surface area contributed by atoms with E-state index in [2.05, 4.69) is 5.32 Å². The van der Waals surface area contributed by atoms with Crippen LogP contribution in [0.2, 0.25) is 0 Å². The monoisotopic (exact) mass is 428 g/mol. The van der Waals surface area contributed by atoms with Crippen LogP contribution in [0.25, 0.3) is 11.1 Å². The Kier molecular flexibility index (Phi) is 6.61. The van der Waals surface area contributed by atoms with Crippen LogP contribution < -0.4 is 5.32 Å². The summed E-state index contributed by atoms with van der Waals surface area (Å²) in [6, 6.07) is 13.9. The first-order valence-corrected chi connectivity index (χ1v) is 12.1. The molecule has 1 N–H and O–H groups in total. The van der Waals surface area contributed by atoms with Crippen LogP contribution in [0.15, 0.2) is 53.4 Å². The molecule has 2 amide bonds. The molecule has 1 aliphatic rings. The van der Waals surface area contributed by atoms with E-state index in [1.54, 1.807) is 60.5 Å². The zero-order chi connectivity index (χ0) is 21.9. The molecule has 0 bridgehead atoms. The third-order valence-corrected chi connectivity index (χ3v) is 6.88. The number of sulfone groups is 1. The number of rotatable bonds is 6. The Morgan fingerprint density at radius 1 is 1.07 bits per heavy atom. The second kappa shape index (κ2) is 9.00. The lowest BCUT2D eigenvalue weighted by atomic mass is 10.0. The van der Waals surface area contributed by atoms with Crippen LogP contribution in [0.3, 0.4) is 0 Å². The standard InChI is InChI=1S/C23H28N2O4S/c1-4-24-22(26)18-13-14-19(15-18)25(2)23(27)17-11-9-16(10-12-17)20-7-5-6-8-21(20)30(3,28)29/h5-12,18-19H,4,13-15H2,1-3H3,(H,24,26)/t18-,19+/m0/s1. The smallest absolute Gasteiger partial charge is 0.253 e. The average Bonchev–Trinajstić information content (AvgIpc) is 3.23. The highest BCUT2D eigenvalue weighted by Gasteiger charge is 2.33. The van der Waals surface area contributed by atoms with Gasteiger partial charge in [0.1, 0.15) is 0 Å². The van der Waals surface area contributed by atoms with Gasteiger partial charge in [-0.1, -0.05) is 30.3 Å². The van der Waals surface area contributed by atoms with Crippen LogP contribution in [0.5, 0.6) is 0 Å². The zero-order valence-corrected chi connectivity index (χ0v) is 18.4.